The van der Waals surface area contributed by atoms with E-state index < -0.39 is 18.0 Å². The third kappa shape index (κ3) is 3.26. The van der Waals surface area contributed by atoms with Gasteiger partial charge in [0.15, 0.2) is 6.10 Å². The lowest BCUT2D eigenvalue weighted by molar-refractivity contribution is -0.147. The summed E-state index contributed by atoms with van der Waals surface area (Å²) in [4.78, 5) is 22.2. The lowest BCUT2D eigenvalue weighted by Crippen LogP contribution is -2.37. The van der Waals surface area contributed by atoms with Gasteiger partial charge in [-0.2, -0.15) is 0 Å². The quantitative estimate of drug-likeness (QED) is 0.699. The summed E-state index contributed by atoms with van der Waals surface area (Å²) in [7, 11) is 1.26. The average Bonchev–Trinajstić information content (AvgIpc) is 2.70. The monoisotopic (exact) mass is 231 g/mol. The molecule has 15 heavy (non-hydrogen) atoms. The topological polar surface area (TPSA) is 101 Å². The van der Waals surface area contributed by atoms with E-state index in [-0.39, 0.29) is 6.54 Å². The Balaban J connectivity index is 2.43. The number of carboxylic acid groups (broad SMARTS) is 1. The van der Waals surface area contributed by atoms with Gasteiger partial charge in [-0.25, -0.2) is 4.79 Å². The number of nitrogens with one attached hydrogen (secondary N) is 1. The summed E-state index contributed by atoms with van der Waals surface area (Å²) < 4.78 is 8.15. The van der Waals surface area contributed by atoms with Crippen LogP contribution in [0.4, 0.5) is 0 Å². The fraction of sp³-hybridized carbons (Fsp3) is 0.429. The van der Waals surface area contributed by atoms with Gasteiger partial charge in [-0.1, -0.05) is 4.49 Å². The number of rotatable bonds is 5. The van der Waals surface area contributed by atoms with Gasteiger partial charge in [0, 0.05) is 7.11 Å². The van der Waals surface area contributed by atoms with Crippen LogP contribution in [0.5, 0.6) is 0 Å². The van der Waals surface area contributed by atoms with Crippen molar-refractivity contribution in [1.29, 1.82) is 0 Å². The van der Waals surface area contributed by atoms with Crippen LogP contribution in [0.25, 0.3) is 0 Å². The normalized spacial score (nSPS) is 12.1. The van der Waals surface area contributed by atoms with E-state index >= 15 is 0 Å². The summed E-state index contributed by atoms with van der Waals surface area (Å²) in [5.41, 5.74) is 0. The Labute approximate surface area is 89.2 Å². The molecule has 0 spiro atoms. The van der Waals surface area contributed by atoms with E-state index in [1.165, 1.54) is 13.3 Å². The van der Waals surface area contributed by atoms with Crippen molar-refractivity contribution in [2.75, 3.05) is 13.7 Å². The van der Waals surface area contributed by atoms with Gasteiger partial charge in [-0.05, 0) is 11.5 Å². The van der Waals surface area contributed by atoms with E-state index in [4.69, 9.17) is 5.11 Å². The highest BCUT2D eigenvalue weighted by atomic mass is 32.1. The molecule has 0 saturated carbocycles. The number of carboxylic acids is 1. The molecule has 1 heterocycles. The number of carbonyl (C=O) groups excluding carboxylic acids is 1. The number of hydrogen-bond acceptors (Lipinski definition) is 6. The first kappa shape index (κ1) is 11.5. The lowest BCUT2D eigenvalue weighted by Gasteiger charge is -2.10. The van der Waals surface area contributed by atoms with Crippen LogP contribution in [0.1, 0.15) is 9.67 Å². The van der Waals surface area contributed by atoms with E-state index in [9.17, 15) is 9.59 Å². The molecular formula is C7H9N3O4S. The third-order valence-electron chi connectivity index (χ3n) is 1.59. The summed E-state index contributed by atoms with van der Waals surface area (Å²) in [6.45, 7) is -0.0947. The SMILES string of the molecule is COC(CNC(=O)c1cnns1)C(=O)O. The van der Waals surface area contributed by atoms with Crippen molar-refractivity contribution in [3.8, 4) is 0 Å². The maximum Gasteiger partial charge on any atom is 0.334 e. The molecule has 1 aromatic rings. The molecule has 1 aromatic heterocycles. The van der Waals surface area contributed by atoms with Gasteiger partial charge in [0.2, 0.25) is 0 Å². The number of hydrogen-bond donors (Lipinski definition) is 2. The van der Waals surface area contributed by atoms with Crippen LogP contribution >= 0.6 is 11.5 Å². The van der Waals surface area contributed by atoms with Gasteiger partial charge < -0.3 is 15.2 Å². The molecule has 1 amide bonds. The van der Waals surface area contributed by atoms with E-state index in [0.29, 0.717) is 4.88 Å². The molecule has 82 valence electrons. The molecule has 0 saturated heterocycles. The second kappa shape index (κ2) is 5.37. The van der Waals surface area contributed by atoms with Gasteiger partial charge in [0.05, 0.1) is 12.7 Å². The van der Waals surface area contributed by atoms with Gasteiger partial charge in [0.1, 0.15) is 4.88 Å². The van der Waals surface area contributed by atoms with Crippen molar-refractivity contribution in [2.45, 2.75) is 6.10 Å². The first-order valence-electron chi connectivity index (χ1n) is 3.96. The molecule has 0 aromatic carbocycles. The molecule has 0 aliphatic rings. The Hall–Kier alpha value is -1.54. The van der Waals surface area contributed by atoms with Gasteiger partial charge in [-0.3, -0.25) is 4.79 Å². The van der Waals surface area contributed by atoms with Gasteiger partial charge >= 0.3 is 5.97 Å². The summed E-state index contributed by atoms with van der Waals surface area (Å²) in [5.74, 6) is -1.53. The predicted molar refractivity (Wildman–Crippen MR) is 50.7 cm³/mol. The minimum atomic E-state index is -1.12. The van der Waals surface area contributed by atoms with Gasteiger partial charge in [0.25, 0.3) is 5.91 Å². The highest BCUT2D eigenvalue weighted by Gasteiger charge is 2.18. The zero-order valence-corrected chi connectivity index (χ0v) is 8.65. The maximum atomic E-state index is 11.3. The number of ether oxygens (including phenoxy) is 1. The zero-order valence-electron chi connectivity index (χ0n) is 7.84. The smallest absolute Gasteiger partial charge is 0.334 e. The van der Waals surface area contributed by atoms with Crippen molar-refractivity contribution >= 4 is 23.4 Å². The number of amides is 1. The van der Waals surface area contributed by atoms with E-state index in [0.717, 1.165) is 11.5 Å². The highest BCUT2D eigenvalue weighted by Crippen LogP contribution is 2.01. The number of nitrogens with zero attached hydrogens (tertiary/aromatic N) is 2. The minimum Gasteiger partial charge on any atom is -0.479 e. The second-order valence-corrected chi connectivity index (χ2v) is 3.34. The second-order valence-electron chi connectivity index (χ2n) is 2.55. The van der Waals surface area contributed by atoms with Crippen LogP contribution in [0.2, 0.25) is 0 Å². The number of carbonyl (C=O) groups is 2. The molecule has 8 heteroatoms. The first-order chi connectivity index (χ1) is 7.15. The largest absolute Gasteiger partial charge is 0.479 e. The minimum absolute atomic E-state index is 0.0947. The molecule has 0 bridgehead atoms. The molecular weight excluding hydrogens is 222 g/mol. The number of methoxy groups -OCH3 is 1. The molecule has 0 fully saturated rings. The average molecular weight is 231 g/mol. The fourth-order valence-corrected chi connectivity index (χ4v) is 1.24. The molecule has 1 rings (SSSR count). The predicted octanol–water partition coefficient (Wildman–Crippen LogP) is -0.633. The van der Waals surface area contributed by atoms with Crippen molar-refractivity contribution in [2.24, 2.45) is 0 Å². The maximum absolute atomic E-state index is 11.3. The van der Waals surface area contributed by atoms with E-state index in [1.807, 2.05) is 0 Å². The molecule has 1 unspecified atom stereocenters. The third-order valence-corrected chi connectivity index (χ3v) is 2.26. The Morgan fingerprint density at radius 2 is 2.47 bits per heavy atom. The van der Waals surface area contributed by atoms with Crippen LogP contribution in [-0.2, 0) is 9.53 Å². The molecule has 0 radical (unpaired) electrons. The van der Waals surface area contributed by atoms with Crippen LogP contribution in [-0.4, -0.2) is 46.3 Å². The summed E-state index contributed by atoms with van der Waals surface area (Å²) in [6.07, 6.45) is 0.262. The molecule has 0 aliphatic carbocycles. The van der Waals surface area contributed by atoms with Gasteiger partial charge in [-0.15, -0.1) is 5.10 Å². The highest BCUT2D eigenvalue weighted by molar-refractivity contribution is 7.07. The fourth-order valence-electron chi connectivity index (χ4n) is 0.811. The van der Waals surface area contributed by atoms with E-state index in [2.05, 4.69) is 19.6 Å². The Kier molecular flexibility index (Phi) is 4.13. The Morgan fingerprint density at radius 1 is 1.73 bits per heavy atom. The Bertz CT molecular complexity index is 340. The van der Waals surface area contributed by atoms with Crippen molar-refractivity contribution < 1.29 is 19.4 Å². The van der Waals surface area contributed by atoms with Crippen LogP contribution < -0.4 is 5.32 Å². The number of aromatic nitrogens is 2. The lowest BCUT2D eigenvalue weighted by atomic mass is 10.3. The van der Waals surface area contributed by atoms with Crippen molar-refractivity contribution in [1.82, 2.24) is 14.9 Å². The zero-order chi connectivity index (χ0) is 11.3. The molecule has 2 N–H and O–H groups in total. The van der Waals surface area contributed by atoms with Crippen LogP contribution in [0.15, 0.2) is 6.20 Å². The summed E-state index contributed by atoms with van der Waals surface area (Å²) in [6, 6.07) is 0. The molecule has 7 nitrogen and oxygen atoms in total. The number of aliphatic carboxylic acids is 1. The summed E-state index contributed by atoms with van der Waals surface area (Å²) >= 11 is 0.937. The van der Waals surface area contributed by atoms with Crippen molar-refractivity contribution in [3.63, 3.8) is 0 Å². The van der Waals surface area contributed by atoms with E-state index in [1.54, 1.807) is 0 Å². The Morgan fingerprint density at radius 3 is 2.93 bits per heavy atom. The molecule has 0 aliphatic heterocycles. The summed E-state index contributed by atoms with van der Waals surface area (Å²) in [5, 5.41) is 14.5. The van der Waals surface area contributed by atoms with Crippen LogP contribution in [0, 0.1) is 0 Å². The van der Waals surface area contributed by atoms with Crippen molar-refractivity contribution in [3.05, 3.63) is 11.1 Å². The standard InChI is InChI=1S/C7H9N3O4S/c1-14-4(7(12)13)2-8-6(11)5-3-9-10-15-5/h3-4H,2H2,1H3,(H,8,11)(H,12,13). The first-order valence-corrected chi connectivity index (χ1v) is 4.73. The molecule has 1 atom stereocenters. The van der Waals surface area contributed by atoms with Crippen LogP contribution in [0.3, 0.4) is 0 Å².